The molecule has 0 bridgehead atoms. The van der Waals surface area contributed by atoms with E-state index in [1.54, 1.807) is 0 Å². The van der Waals surface area contributed by atoms with Crippen LogP contribution in [-0.2, 0) is 10.0 Å². The monoisotopic (exact) mass is 171 g/mol. The average molecular weight is 171 g/mol. The van der Waals surface area contributed by atoms with Gasteiger partial charge in [0.2, 0.25) is 5.03 Å². The van der Waals surface area contributed by atoms with Gasteiger partial charge in [0.05, 0.1) is 6.20 Å². The summed E-state index contributed by atoms with van der Waals surface area (Å²) in [5.41, 5.74) is 0.139. The lowest BCUT2D eigenvalue weighted by Crippen LogP contribution is -1.97. The predicted molar refractivity (Wildman–Crippen MR) is 31.5 cm³/mol. The molecule has 1 aromatic rings. The maximum Gasteiger partial charge on any atom is 0.321 e. The summed E-state index contributed by atoms with van der Waals surface area (Å²) in [5.74, 6) is 0. The first-order chi connectivity index (χ1) is 5.20. The predicted octanol–water partition coefficient (Wildman–Crippen LogP) is -0.342. The van der Waals surface area contributed by atoms with Crippen molar-refractivity contribution in [1.29, 1.82) is 0 Å². The van der Waals surface area contributed by atoms with E-state index < -0.39 is 10.0 Å². The fourth-order valence-corrected chi connectivity index (χ4v) is 1.41. The summed E-state index contributed by atoms with van der Waals surface area (Å²) in [6.07, 6.45) is 1.19. The second kappa shape index (κ2) is 1.78. The molecule has 0 atom stereocenters. The Hall–Kier alpha value is -1.44. The van der Waals surface area contributed by atoms with E-state index in [9.17, 15) is 8.42 Å². The molecule has 0 unspecified atom stereocenters. The molecule has 0 aromatic carbocycles. The number of fused-ring (bicyclic) bond motifs is 1. The van der Waals surface area contributed by atoms with E-state index in [1.807, 2.05) is 0 Å². The highest BCUT2D eigenvalue weighted by Crippen LogP contribution is 2.28. The maximum atomic E-state index is 10.9. The van der Waals surface area contributed by atoms with Crippen molar-refractivity contribution in [3.8, 4) is 0 Å². The molecule has 0 radical (unpaired) electrons. The first-order valence-corrected chi connectivity index (χ1v) is 4.00. The number of aromatic nitrogens is 3. The number of nitrogens with zero attached hydrogens (tertiary/aromatic N) is 5. The fourth-order valence-electron chi connectivity index (χ4n) is 0.642. The molecule has 0 N–H and O–H groups in total. The van der Waals surface area contributed by atoms with Crippen molar-refractivity contribution in [3.63, 3.8) is 0 Å². The van der Waals surface area contributed by atoms with Crippen LogP contribution >= 0.6 is 0 Å². The summed E-state index contributed by atoms with van der Waals surface area (Å²) >= 11 is 0. The van der Waals surface area contributed by atoms with Crippen molar-refractivity contribution in [2.45, 2.75) is 5.03 Å². The van der Waals surface area contributed by atoms with Gasteiger partial charge in [0, 0.05) is 0 Å². The summed E-state index contributed by atoms with van der Waals surface area (Å²) in [6.45, 7) is 0. The molecule has 1 aliphatic heterocycles. The summed E-state index contributed by atoms with van der Waals surface area (Å²) < 4.78 is 24.7. The number of hydrogen-bond donors (Lipinski definition) is 0. The lowest BCUT2D eigenvalue weighted by Gasteiger charge is -1.86. The Morgan fingerprint density at radius 1 is 1.36 bits per heavy atom. The third-order valence-corrected chi connectivity index (χ3v) is 2.16. The third-order valence-electron chi connectivity index (χ3n) is 1.09. The molecule has 2 rings (SSSR count). The molecule has 0 fully saturated rings. The van der Waals surface area contributed by atoms with Crippen LogP contribution in [0, 0.1) is 0 Å². The Labute approximate surface area is 61.2 Å². The van der Waals surface area contributed by atoms with Crippen LogP contribution in [0.5, 0.6) is 0 Å². The molecule has 0 aliphatic carbocycles. The van der Waals surface area contributed by atoms with E-state index in [4.69, 9.17) is 0 Å². The minimum absolute atomic E-state index is 0.139. The van der Waals surface area contributed by atoms with Crippen LogP contribution in [-0.4, -0.2) is 23.8 Å². The van der Waals surface area contributed by atoms with Crippen molar-refractivity contribution < 1.29 is 8.42 Å². The normalized spacial score (nSPS) is 18.2. The second-order valence-corrected chi connectivity index (χ2v) is 3.28. The SMILES string of the molecule is O=S1(=O)N=Nc2cnnnc21. The number of rotatable bonds is 0. The minimum atomic E-state index is -3.66. The summed E-state index contributed by atoms with van der Waals surface area (Å²) in [4.78, 5) is 0. The van der Waals surface area contributed by atoms with Gasteiger partial charge in [-0.3, -0.25) is 0 Å². The summed E-state index contributed by atoms with van der Waals surface area (Å²) in [6, 6.07) is 0. The minimum Gasteiger partial charge on any atom is -0.196 e. The maximum absolute atomic E-state index is 10.9. The highest BCUT2D eigenvalue weighted by atomic mass is 32.2. The van der Waals surface area contributed by atoms with Gasteiger partial charge in [0.15, 0.2) is 0 Å². The zero-order valence-electron chi connectivity index (χ0n) is 5.04. The van der Waals surface area contributed by atoms with Gasteiger partial charge >= 0.3 is 10.0 Å². The molecule has 11 heavy (non-hydrogen) atoms. The van der Waals surface area contributed by atoms with Crippen LogP contribution in [0.25, 0.3) is 0 Å². The van der Waals surface area contributed by atoms with E-state index in [0.29, 0.717) is 0 Å². The van der Waals surface area contributed by atoms with E-state index in [-0.39, 0.29) is 10.7 Å². The van der Waals surface area contributed by atoms with Crippen molar-refractivity contribution in [2.75, 3.05) is 0 Å². The van der Waals surface area contributed by atoms with Crippen molar-refractivity contribution >= 4 is 15.7 Å². The molecule has 2 heterocycles. The standard InChI is InChI=1S/C3HN5O2S/c9-11(10)3-2(5-8-11)1-4-7-6-3/h1H. The molecular formula is C3HN5O2S. The topological polar surface area (TPSA) is 97.5 Å². The van der Waals surface area contributed by atoms with E-state index in [2.05, 4.69) is 25.0 Å². The molecule has 0 spiro atoms. The highest BCUT2D eigenvalue weighted by Gasteiger charge is 2.26. The van der Waals surface area contributed by atoms with Crippen LogP contribution in [0.4, 0.5) is 5.69 Å². The van der Waals surface area contributed by atoms with Crippen LogP contribution in [0.2, 0.25) is 0 Å². The van der Waals surface area contributed by atoms with Gasteiger partial charge in [0.1, 0.15) is 5.69 Å². The van der Waals surface area contributed by atoms with Crippen LogP contribution < -0.4 is 0 Å². The van der Waals surface area contributed by atoms with E-state index >= 15 is 0 Å². The highest BCUT2D eigenvalue weighted by molar-refractivity contribution is 7.90. The van der Waals surface area contributed by atoms with E-state index in [0.717, 1.165) is 0 Å². The van der Waals surface area contributed by atoms with Gasteiger partial charge in [0.25, 0.3) is 0 Å². The Morgan fingerprint density at radius 3 is 2.91 bits per heavy atom. The summed E-state index contributed by atoms with van der Waals surface area (Å²) in [7, 11) is -3.66. The largest absolute Gasteiger partial charge is 0.321 e. The molecule has 0 amide bonds. The molecule has 0 saturated carbocycles. The Balaban J connectivity index is 2.84. The molecule has 8 heteroatoms. The smallest absolute Gasteiger partial charge is 0.196 e. The van der Waals surface area contributed by atoms with Gasteiger partial charge in [-0.05, 0) is 5.21 Å². The molecular weight excluding hydrogens is 170 g/mol. The van der Waals surface area contributed by atoms with Crippen molar-refractivity contribution in [2.24, 2.45) is 9.63 Å². The Bertz CT molecular complexity index is 423. The lowest BCUT2D eigenvalue weighted by atomic mass is 10.6. The quantitative estimate of drug-likeness (QED) is 0.531. The molecule has 1 aromatic heterocycles. The first-order valence-electron chi connectivity index (χ1n) is 2.56. The van der Waals surface area contributed by atoms with E-state index in [1.165, 1.54) is 6.20 Å². The van der Waals surface area contributed by atoms with Crippen molar-refractivity contribution in [3.05, 3.63) is 6.20 Å². The van der Waals surface area contributed by atoms with Crippen LogP contribution in [0.3, 0.4) is 0 Å². The zero-order chi connectivity index (χ0) is 7.90. The van der Waals surface area contributed by atoms with Gasteiger partial charge in [-0.2, -0.15) is 8.42 Å². The molecule has 56 valence electrons. The zero-order valence-corrected chi connectivity index (χ0v) is 5.85. The van der Waals surface area contributed by atoms with Gasteiger partial charge in [-0.1, -0.05) is 4.52 Å². The lowest BCUT2D eigenvalue weighted by molar-refractivity contribution is 0.592. The first kappa shape index (κ1) is 6.28. The number of sulfonamides is 1. The van der Waals surface area contributed by atoms with Crippen LogP contribution in [0.15, 0.2) is 20.9 Å². The van der Waals surface area contributed by atoms with Crippen molar-refractivity contribution in [1.82, 2.24) is 15.4 Å². The fraction of sp³-hybridized carbons (Fsp3) is 0. The Morgan fingerprint density at radius 2 is 2.18 bits per heavy atom. The van der Waals surface area contributed by atoms with Gasteiger partial charge in [-0.15, -0.1) is 15.3 Å². The molecule has 0 saturated heterocycles. The Kier molecular flexibility index (Phi) is 1.02. The molecule has 1 aliphatic rings. The number of hydrogen-bond acceptors (Lipinski definition) is 6. The van der Waals surface area contributed by atoms with Crippen LogP contribution in [0.1, 0.15) is 0 Å². The van der Waals surface area contributed by atoms with Gasteiger partial charge < -0.3 is 0 Å². The average Bonchev–Trinajstić information content (AvgIpc) is 2.29. The molecule has 7 nitrogen and oxygen atoms in total. The summed E-state index contributed by atoms with van der Waals surface area (Å²) in [5, 5.41) is 12.9. The second-order valence-electron chi connectivity index (χ2n) is 1.78. The third kappa shape index (κ3) is 0.792. The van der Waals surface area contributed by atoms with Gasteiger partial charge in [-0.25, -0.2) is 0 Å².